The van der Waals surface area contributed by atoms with Gasteiger partial charge in [0.15, 0.2) is 0 Å². The van der Waals surface area contributed by atoms with Gasteiger partial charge in [-0.15, -0.1) is 5.10 Å². The van der Waals surface area contributed by atoms with E-state index < -0.39 is 0 Å². The van der Waals surface area contributed by atoms with Gasteiger partial charge >= 0.3 is 0 Å². The lowest BCUT2D eigenvalue weighted by atomic mass is 10.0. The Morgan fingerprint density at radius 1 is 1.35 bits per heavy atom. The summed E-state index contributed by atoms with van der Waals surface area (Å²) in [6.07, 6.45) is 5.70. The van der Waals surface area contributed by atoms with Crippen LogP contribution < -0.4 is 10.6 Å². The largest absolute Gasteiger partial charge is 0.366 e. The minimum Gasteiger partial charge on any atom is -0.366 e. The highest BCUT2D eigenvalue weighted by Crippen LogP contribution is 2.17. The van der Waals surface area contributed by atoms with Crippen LogP contribution in [0.1, 0.15) is 25.7 Å². The fourth-order valence-corrected chi connectivity index (χ4v) is 2.95. The lowest BCUT2D eigenvalue weighted by Crippen LogP contribution is -2.48. The number of aromatic nitrogens is 2. The SMILES string of the molecule is O=C([C@@H]1CCCN1)N1CCC(Nc2cccnn2)CC1. The first-order chi connectivity index (χ1) is 9.83. The molecule has 0 radical (unpaired) electrons. The molecule has 0 aliphatic carbocycles. The van der Waals surface area contributed by atoms with E-state index in [1.807, 2.05) is 17.0 Å². The summed E-state index contributed by atoms with van der Waals surface area (Å²) in [5.41, 5.74) is 0. The number of carbonyl (C=O) groups is 1. The van der Waals surface area contributed by atoms with Gasteiger partial charge in [-0.05, 0) is 44.4 Å². The molecule has 0 spiro atoms. The van der Waals surface area contributed by atoms with Crippen LogP contribution in [0.3, 0.4) is 0 Å². The molecule has 0 saturated carbocycles. The van der Waals surface area contributed by atoms with E-state index in [2.05, 4.69) is 20.8 Å². The van der Waals surface area contributed by atoms with Crippen LogP contribution >= 0.6 is 0 Å². The first kappa shape index (κ1) is 13.3. The Balaban J connectivity index is 1.48. The third-order valence-corrected chi connectivity index (χ3v) is 4.09. The van der Waals surface area contributed by atoms with Gasteiger partial charge in [0.1, 0.15) is 5.82 Å². The standard InChI is InChI=1S/C14H21N5O/c20-14(12-3-1-7-15-12)19-9-5-11(6-10-19)17-13-4-2-8-16-18-13/h2,4,8,11-12,15H,1,3,5-7,9-10H2,(H,17,18)/t12-/m0/s1. The molecule has 20 heavy (non-hydrogen) atoms. The maximum Gasteiger partial charge on any atom is 0.239 e. The molecule has 2 saturated heterocycles. The normalized spacial score (nSPS) is 23.8. The second-order valence-corrected chi connectivity index (χ2v) is 5.50. The van der Waals surface area contributed by atoms with Gasteiger partial charge in [0.05, 0.1) is 6.04 Å². The zero-order chi connectivity index (χ0) is 13.8. The highest BCUT2D eigenvalue weighted by Gasteiger charge is 2.29. The molecule has 1 aromatic heterocycles. The number of nitrogens with one attached hydrogen (secondary N) is 2. The van der Waals surface area contributed by atoms with E-state index in [9.17, 15) is 4.79 Å². The zero-order valence-electron chi connectivity index (χ0n) is 11.6. The molecule has 2 aliphatic heterocycles. The van der Waals surface area contributed by atoms with E-state index in [-0.39, 0.29) is 11.9 Å². The van der Waals surface area contributed by atoms with Gasteiger partial charge in [-0.3, -0.25) is 4.79 Å². The number of anilines is 1. The number of rotatable bonds is 3. The Hall–Kier alpha value is -1.69. The van der Waals surface area contributed by atoms with Gasteiger partial charge in [-0.25, -0.2) is 0 Å². The molecule has 2 aliphatic rings. The summed E-state index contributed by atoms with van der Waals surface area (Å²) in [4.78, 5) is 14.3. The molecule has 1 atom stereocenters. The topological polar surface area (TPSA) is 70.2 Å². The van der Waals surface area contributed by atoms with Crippen molar-refractivity contribution in [2.75, 3.05) is 25.0 Å². The second kappa shape index (κ2) is 6.17. The van der Waals surface area contributed by atoms with Crippen molar-refractivity contribution in [3.63, 3.8) is 0 Å². The number of hydrogen-bond donors (Lipinski definition) is 2. The minimum atomic E-state index is 0.0551. The Morgan fingerprint density at radius 3 is 2.85 bits per heavy atom. The van der Waals surface area contributed by atoms with Crippen molar-refractivity contribution in [2.24, 2.45) is 0 Å². The lowest BCUT2D eigenvalue weighted by Gasteiger charge is -2.34. The first-order valence-electron chi connectivity index (χ1n) is 7.39. The van der Waals surface area contributed by atoms with Crippen LogP contribution in [0.2, 0.25) is 0 Å². The van der Waals surface area contributed by atoms with Crippen molar-refractivity contribution < 1.29 is 4.79 Å². The molecule has 1 aromatic rings. The fourth-order valence-electron chi connectivity index (χ4n) is 2.95. The summed E-state index contributed by atoms with van der Waals surface area (Å²) < 4.78 is 0. The van der Waals surface area contributed by atoms with Crippen molar-refractivity contribution in [2.45, 2.75) is 37.8 Å². The van der Waals surface area contributed by atoms with E-state index >= 15 is 0 Å². The van der Waals surface area contributed by atoms with E-state index in [4.69, 9.17) is 0 Å². The fraction of sp³-hybridized carbons (Fsp3) is 0.643. The van der Waals surface area contributed by atoms with Crippen LogP contribution in [0.5, 0.6) is 0 Å². The molecule has 6 nitrogen and oxygen atoms in total. The maximum absolute atomic E-state index is 12.3. The monoisotopic (exact) mass is 275 g/mol. The molecule has 2 fully saturated rings. The van der Waals surface area contributed by atoms with Crippen molar-refractivity contribution in [3.05, 3.63) is 18.3 Å². The molecule has 6 heteroatoms. The minimum absolute atomic E-state index is 0.0551. The van der Waals surface area contributed by atoms with E-state index in [0.29, 0.717) is 6.04 Å². The number of hydrogen-bond acceptors (Lipinski definition) is 5. The molecule has 1 amide bonds. The second-order valence-electron chi connectivity index (χ2n) is 5.50. The van der Waals surface area contributed by atoms with Crippen molar-refractivity contribution in [3.8, 4) is 0 Å². The maximum atomic E-state index is 12.3. The molecular formula is C14H21N5O. The Bertz CT molecular complexity index is 438. The van der Waals surface area contributed by atoms with Crippen LogP contribution in [0.25, 0.3) is 0 Å². The van der Waals surface area contributed by atoms with Crippen LogP contribution in [0.15, 0.2) is 18.3 Å². The number of piperidine rings is 1. The number of likely N-dealkylation sites (tertiary alicyclic amines) is 1. The highest BCUT2D eigenvalue weighted by atomic mass is 16.2. The summed E-state index contributed by atoms with van der Waals surface area (Å²) in [6.45, 7) is 2.63. The molecule has 2 N–H and O–H groups in total. The molecular weight excluding hydrogens is 254 g/mol. The smallest absolute Gasteiger partial charge is 0.239 e. The molecule has 3 heterocycles. The average Bonchev–Trinajstić information content (AvgIpc) is 3.03. The van der Waals surface area contributed by atoms with Crippen molar-refractivity contribution in [1.82, 2.24) is 20.4 Å². The summed E-state index contributed by atoms with van der Waals surface area (Å²) in [6, 6.07) is 4.24. The lowest BCUT2D eigenvalue weighted by molar-refractivity contribution is -0.134. The molecule has 0 unspecified atom stereocenters. The third kappa shape index (κ3) is 3.07. The molecule has 0 aromatic carbocycles. The molecule has 0 bridgehead atoms. The van der Waals surface area contributed by atoms with E-state index in [1.165, 1.54) is 0 Å². The summed E-state index contributed by atoms with van der Waals surface area (Å²) in [5.74, 6) is 1.09. The van der Waals surface area contributed by atoms with E-state index in [1.54, 1.807) is 6.20 Å². The number of nitrogens with zero attached hydrogens (tertiary/aromatic N) is 3. The highest BCUT2D eigenvalue weighted by molar-refractivity contribution is 5.82. The average molecular weight is 275 g/mol. The van der Waals surface area contributed by atoms with Crippen LogP contribution in [-0.4, -0.2) is 52.7 Å². The molecule has 3 rings (SSSR count). The number of carbonyl (C=O) groups excluding carboxylic acids is 1. The zero-order valence-corrected chi connectivity index (χ0v) is 11.6. The Kier molecular flexibility index (Phi) is 4.11. The van der Waals surface area contributed by atoms with Gasteiger partial charge in [-0.2, -0.15) is 5.10 Å². The summed E-state index contributed by atoms with van der Waals surface area (Å²) >= 11 is 0. The van der Waals surface area contributed by atoms with Crippen molar-refractivity contribution in [1.29, 1.82) is 0 Å². The van der Waals surface area contributed by atoms with Crippen LogP contribution in [0, 0.1) is 0 Å². The quantitative estimate of drug-likeness (QED) is 0.847. The van der Waals surface area contributed by atoms with Gasteiger partial charge < -0.3 is 15.5 Å². The Morgan fingerprint density at radius 2 is 2.20 bits per heavy atom. The predicted octanol–water partition coefficient (Wildman–Crippen LogP) is 0.631. The molecule has 108 valence electrons. The van der Waals surface area contributed by atoms with Crippen molar-refractivity contribution >= 4 is 11.7 Å². The van der Waals surface area contributed by atoms with Gasteiger partial charge in [-0.1, -0.05) is 0 Å². The predicted molar refractivity (Wildman–Crippen MR) is 76.3 cm³/mol. The number of amides is 1. The van der Waals surface area contributed by atoms with Crippen LogP contribution in [-0.2, 0) is 4.79 Å². The van der Waals surface area contributed by atoms with E-state index in [0.717, 1.165) is 51.1 Å². The first-order valence-corrected chi connectivity index (χ1v) is 7.39. The van der Waals surface area contributed by atoms with Gasteiger partial charge in [0.25, 0.3) is 0 Å². The van der Waals surface area contributed by atoms with Crippen LogP contribution in [0.4, 0.5) is 5.82 Å². The van der Waals surface area contributed by atoms with Gasteiger partial charge in [0.2, 0.25) is 5.91 Å². The third-order valence-electron chi connectivity index (χ3n) is 4.09. The Labute approximate surface area is 118 Å². The summed E-state index contributed by atoms with van der Waals surface area (Å²) in [5, 5.41) is 14.6. The summed E-state index contributed by atoms with van der Waals surface area (Å²) in [7, 11) is 0. The van der Waals surface area contributed by atoms with Gasteiger partial charge in [0, 0.05) is 25.3 Å².